The minimum Gasteiger partial charge on any atom is -0.465 e. The number of fused-ring (bicyclic) bond motifs is 1. The molecule has 14 heteroatoms. The molecule has 2 aromatic heterocycles. The standard InChI is InChI=1S/C26H31F3N5O5P/c1-25(2,3)39-24(36)33-14-9-13(10-14)32-23-31-12-18(26(27,28)29)19(34-23)17-11-30-20-15(17)7-8-16(22(35)38-4)21(20)40(5,6)37/h7-8,11-14,30H,9-10H2,1-6H3,(H,33,36)(H,31,32,34). The van der Waals surface area contributed by atoms with Crippen molar-refractivity contribution in [2.24, 2.45) is 0 Å². The molecule has 1 amide bonds. The fraction of sp³-hybridized carbons (Fsp3) is 0.462. The van der Waals surface area contributed by atoms with Crippen LogP contribution in [0.15, 0.2) is 24.5 Å². The molecule has 3 aromatic rings. The van der Waals surface area contributed by atoms with Gasteiger partial charge in [-0.15, -0.1) is 0 Å². The van der Waals surface area contributed by atoms with Crippen molar-refractivity contribution in [1.29, 1.82) is 0 Å². The summed E-state index contributed by atoms with van der Waals surface area (Å²) in [6.45, 7) is 8.20. The number of alkyl carbamates (subject to hydrolysis) is 1. The largest absolute Gasteiger partial charge is 0.465 e. The van der Waals surface area contributed by atoms with E-state index in [0.717, 1.165) is 0 Å². The number of carbonyl (C=O) groups excluding carboxylic acids is 2. The van der Waals surface area contributed by atoms with E-state index in [4.69, 9.17) is 9.47 Å². The lowest BCUT2D eigenvalue weighted by Crippen LogP contribution is -2.50. The molecule has 0 bridgehead atoms. The maximum Gasteiger partial charge on any atom is 0.419 e. The average Bonchev–Trinajstić information content (AvgIpc) is 3.22. The van der Waals surface area contributed by atoms with Crippen molar-refractivity contribution in [1.82, 2.24) is 20.3 Å². The van der Waals surface area contributed by atoms with Crippen molar-refractivity contribution >= 4 is 41.4 Å². The molecule has 216 valence electrons. The van der Waals surface area contributed by atoms with Crippen LogP contribution in [0.25, 0.3) is 22.2 Å². The Bertz CT molecular complexity index is 1500. The Morgan fingerprint density at radius 2 is 1.80 bits per heavy atom. The van der Waals surface area contributed by atoms with Crippen LogP contribution < -0.4 is 15.9 Å². The molecule has 0 unspecified atom stereocenters. The van der Waals surface area contributed by atoms with Crippen LogP contribution in [0.1, 0.15) is 49.5 Å². The highest BCUT2D eigenvalue weighted by Gasteiger charge is 2.38. The second-order valence-corrected chi connectivity index (χ2v) is 14.2. The van der Waals surface area contributed by atoms with E-state index in [0.29, 0.717) is 24.4 Å². The molecule has 0 radical (unpaired) electrons. The number of H-pyrrole nitrogens is 1. The van der Waals surface area contributed by atoms with Gasteiger partial charge in [0.2, 0.25) is 5.95 Å². The molecular formula is C26H31F3N5O5P. The number of benzene rings is 1. The highest BCUT2D eigenvalue weighted by molar-refractivity contribution is 7.70. The number of nitrogens with zero attached hydrogens (tertiary/aromatic N) is 2. The number of methoxy groups -OCH3 is 1. The normalized spacial score (nSPS) is 17.7. The first-order valence-electron chi connectivity index (χ1n) is 12.5. The van der Waals surface area contributed by atoms with Gasteiger partial charge < -0.3 is 29.7 Å². The number of anilines is 1. The molecule has 0 aliphatic heterocycles. The van der Waals surface area contributed by atoms with Crippen LogP contribution >= 0.6 is 7.14 Å². The van der Waals surface area contributed by atoms with E-state index in [2.05, 4.69) is 25.6 Å². The van der Waals surface area contributed by atoms with E-state index in [9.17, 15) is 27.3 Å². The van der Waals surface area contributed by atoms with Crippen molar-refractivity contribution in [2.45, 2.75) is 57.5 Å². The number of nitrogens with one attached hydrogen (secondary N) is 3. The van der Waals surface area contributed by atoms with Crippen LogP contribution in [0.3, 0.4) is 0 Å². The molecule has 1 aromatic carbocycles. The molecule has 0 spiro atoms. The van der Waals surface area contributed by atoms with Gasteiger partial charge in [0.15, 0.2) is 0 Å². The minimum absolute atomic E-state index is 0.0128. The van der Waals surface area contributed by atoms with Crippen LogP contribution in [0.4, 0.5) is 23.9 Å². The molecule has 0 saturated heterocycles. The van der Waals surface area contributed by atoms with Gasteiger partial charge in [0.25, 0.3) is 0 Å². The first kappa shape index (κ1) is 29.4. The van der Waals surface area contributed by atoms with Crippen molar-refractivity contribution in [3.05, 3.63) is 35.7 Å². The van der Waals surface area contributed by atoms with Crippen LogP contribution in [0.2, 0.25) is 0 Å². The molecule has 10 nitrogen and oxygen atoms in total. The maximum atomic E-state index is 14.0. The number of carbonyl (C=O) groups is 2. The van der Waals surface area contributed by atoms with Gasteiger partial charge in [-0.05, 0) is 53.0 Å². The summed E-state index contributed by atoms with van der Waals surface area (Å²) in [6, 6.07) is 2.53. The molecule has 1 saturated carbocycles. The Balaban J connectivity index is 1.66. The van der Waals surface area contributed by atoms with Gasteiger partial charge >= 0.3 is 18.2 Å². The zero-order valence-electron chi connectivity index (χ0n) is 22.9. The Labute approximate surface area is 228 Å². The first-order chi connectivity index (χ1) is 18.5. The molecule has 2 heterocycles. The van der Waals surface area contributed by atoms with Gasteiger partial charge in [0.05, 0.1) is 23.9 Å². The fourth-order valence-electron chi connectivity index (χ4n) is 4.59. The van der Waals surface area contributed by atoms with Crippen LogP contribution in [0, 0.1) is 0 Å². The van der Waals surface area contributed by atoms with Gasteiger partial charge in [0.1, 0.15) is 18.3 Å². The second-order valence-electron chi connectivity index (χ2n) is 11.0. The lowest BCUT2D eigenvalue weighted by atomic mass is 9.87. The lowest BCUT2D eigenvalue weighted by molar-refractivity contribution is -0.137. The predicted octanol–water partition coefficient (Wildman–Crippen LogP) is 5.15. The number of rotatable bonds is 6. The average molecular weight is 582 g/mol. The lowest BCUT2D eigenvalue weighted by Gasteiger charge is -2.36. The number of hydrogen-bond acceptors (Lipinski definition) is 8. The molecule has 4 rings (SSSR count). The monoisotopic (exact) mass is 581 g/mol. The summed E-state index contributed by atoms with van der Waals surface area (Å²) in [4.78, 5) is 35.3. The Kier molecular flexibility index (Phi) is 7.66. The van der Waals surface area contributed by atoms with Gasteiger partial charge in [-0.25, -0.2) is 19.6 Å². The summed E-state index contributed by atoms with van der Waals surface area (Å²) in [7, 11) is -1.89. The minimum atomic E-state index is -4.75. The van der Waals surface area contributed by atoms with Crippen molar-refractivity contribution in [3.8, 4) is 11.3 Å². The van der Waals surface area contributed by atoms with Gasteiger partial charge in [-0.2, -0.15) is 13.2 Å². The molecular weight excluding hydrogens is 550 g/mol. The fourth-order valence-corrected chi connectivity index (χ4v) is 6.06. The van der Waals surface area contributed by atoms with Crippen LogP contribution in [0.5, 0.6) is 0 Å². The van der Waals surface area contributed by atoms with Gasteiger partial charge in [-0.3, -0.25) is 0 Å². The third kappa shape index (κ3) is 6.24. The van der Waals surface area contributed by atoms with Crippen molar-refractivity contribution in [2.75, 3.05) is 25.8 Å². The number of esters is 1. The van der Waals surface area contributed by atoms with Gasteiger partial charge in [0, 0.05) is 40.7 Å². The van der Waals surface area contributed by atoms with E-state index < -0.39 is 36.5 Å². The Morgan fingerprint density at radius 1 is 1.12 bits per heavy atom. The summed E-state index contributed by atoms with van der Waals surface area (Å²) in [5.74, 6) is -0.720. The van der Waals surface area contributed by atoms with Crippen molar-refractivity contribution < 1.29 is 36.8 Å². The molecule has 40 heavy (non-hydrogen) atoms. The molecule has 1 fully saturated rings. The van der Waals surface area contributed by atoms with Gasteiger partial charge in [-0.1, -0.05) is 6.07 Å². The number of halogens is 3. The summed E-state index contributed by atoms with van der Waals surface area (Å²) < 4.78 is 65.3. The number of hydrogen-bond donors (Lipinski definition) is 3. The molecule has 1 aliphatic rings. The topological polar surface area (TPSA) is 135 Å². The van der Waals surface area contributed by atoms with E-state index in [-0.39, 0.29) is 45.7 Å². The number of amides is 1. The SMILES string of the molecule is COC(=O)c1ccc2c(-c3nc(NC4CC(NC(=O)OC(C)(C)C)C4)ncc3C(F)(F)F)c[nH]c2c1P(C)(C)=O. The predicted molar refractivity (Wildman–Crippen MR) is 145 cm³/mol. The third-order valence-corrected chi connectivity index (χ3v) is 7.86. The zero-order chi connectivity index (χ0) is 29.6. The summed E-state index contributed by atoms with van der Waals surface area (Å²) in [5.41, 5.74) is -1.62. The Hall–Kier alpha value is -3.60. The quantitative estimate of drug-likeness (QED) is 0.269. The molecule has 3 N–H and O–H groups in total. The van der Waals surface area contributed by atoms with Crippen LogP contribution in [-0.4, -0.2) is 65.1 Å². The smallest absolute Gasteiger partial charge is 0.419 e. The highest BCUT2D eigenvalue weighted by atomic mass is 31.2. The van der Waals surface area contributed by atoms with Crippen LogP contribution in [-0.2, 0) is 20.2 Å². The third-order valence-electron chi connectivity index (χ3n) is 6.31. The summed E-state index contributed by atoms with van der Waals surface area (Å²) in [6.07, 6.45) is -2.22. The highest BCUT2D eigenvalue weighted by Crippen LogP contribution is 2.43. The summed E-state index contributed by atoms with van der Waals surface area (Å²) in [5, 5.41) is 6.28. The second kappa shape index (κ2) is 10.4. The number of aromatic amines is 1. The molecule has 0 atom stereocenters. The first-order valence-corrected chi connectivity index (χ1v) is 15.1. The maximum absolute atomic E-state index is 14.0. The van der Waals surface area contributed by atoms with Crippen molar-refractivity contribution in [3.63, 3.8) is 0 Å². The zero-order valence-corrected chi connectivity index (χ0v) is 23.8. The Morgan fingerprint density at radius 3 is 2.38 bits per heavy atom. The number of ether oxygens (including phenoxy) is 2. The number of alkyl halides is 3. The van der Waals surface area contributed by atoms with E-state index in [1.54, 1.807) is 20.8 Å². The molecule has 1 aliphatic carbocycles. The van der Waals surface area contributed by atoms with E-state index in [1.807, 2.05) is 0 Å². The number of aromatic nitrogens is 3. The summed E-state index contributed by atoms with van der Waals surface area (Å²) >= 11 is 0. The van der Waals surface area contributed by atoms with E-state index in [1.165, 1.54) is 38.8 Å². The van der Waals surface area contributed by atoms with E-state index >= 15 is 0 Å².